The van der Waals surface area contributed by atoms with Crippen molar-refractivity contribution in [3.63, 3.8) is 0 Å². The molecule has 3 rings (SSSR count). The Morgan fingerprint density at radius 1 is 1.14 bits per heavy atom. The summed E-state index contributed by atoms with van der Waals surface area (Å²) in [5.74, 6) is -0.319. The van der Waals surface area contributed by atoms with Crippen LogP contribution in [0.25, 0.3) is 11.3 Å². The van der Waals surface area contributed by atoms with Crippen molar-refractivity contribution in [2.75, 3.05) is 0 Å². The number of carbonyl (C=O) groups excluding carboxylic acids is 1. The lowest BCUT2D eigenvalue weighted by atomic mass is 9.98. The number of esters is 1. The molecule has 3 aromatic rings. The number of aryl methyl sites for hydroxylation is 2. The molecule has 0 saturated carbocycles. The average molecular weight is 424 g/mol. The molecule has 148 valence electrons. The largest absolute Gasteiger partial charge is 0.420 e. The Morgan fingerprint density at radius 3 is 2.34 bits per heavy atom. The predicted octanol–water partition coefficient (Wildman–Crippen LogP) is 5.76. The highest BCUT2D eigenvalue weighted by molar-refractivity contribution is 7.13. The van der Waals surface area contributed by atoms with E-state index >= 15 is 0 Å². The molecule has 0 aliphatic heterocycles. The number of carbonyl (C=O) groups is 1. The SMILES string of the molecule is Cc1nc(C)c(C(OC(=O)c2ccccc2)=C(C#N)c2csc(C(C)(C)C)n2)s1. The van der Waals surface area contributed by atoms with E-state index in [0.717, 1.165) is 10.0 Å². The molecule has 2 aromatic heterocycles. The van der Waals surface area contributed by atoms with Gasteiger partial charge in [0.05, 0.1) is 31.8 Å². The van der Waals surface area contributed by atoms with Crippen LogP contribution in [0.3, 0.4) is 0 Å². The Morgan fingerprint density at radius 2 is 1.83 bits per heavy atom. The monoisotopic (exact) mass is 423 g/mol. The normalized spacial score (nSPS) is 12.3. The summed E-state index contributed by atoms with van der Waals surface area (Å²) in [4.78, 5) is 22.5. The molecule has 0 N–H and O–H groups in total. The van der Waals surface area contributed by atoms with Gasteiger partial charge in [-0.2, -0.15) is 5.26 Å². The van der Waals surface area contributed by atoms with Crippen molar-refractivity contribution in [2.24, 2.45) is 0 Å². The first-order valence-electron chi connectivity index (χ1n) is 9.03. The van der Waals surface area contributed by atoms with Crippen LogP contribution in [0.2, 0.25) is 0 Å². The lowest BCUT2D eigenvalue weighted by molar-refractivity contribution is 0.0693. The fourth-order valence-corrected chi connectivity index (χ4v) is 4.44. The van der Waals surface area contributed by atoms with Crippen LogP contribution in [0.15, 0.2) is 35.7 Å². The number of nitrogens with zero attached hydrogens (tertiary/aromatic N) is 3. The molecule has 1 aromatic carbocycles. The number of nitriles is 1. The van der Waals surface area contributed by atoms with Gasteiger partial charge in [-0.3, -0.25) is 0 Å². The second kappa shape index (κ2) is 8.27. The first-order chi connectivity index (χ1) is 13.7. The highest BCUT2D eigenvalue weighted by Gasteiger charge is 2.25. The lowest BCUT2D eigenvalue weighted by Crippen LogP contribution is -2.10. The first-order valence-corrected chi connectivity index (χ1v) is 10.7. The van der Waals surface area contributed by atoms with Crippen molar-refractivity contribution in [1.82, 2.24) is 9.97 Å². The van der Waals surface area contributed by atoms with E-state index in [1.165, 1.54) is 22.7 Å². The van der Waals surface area contributed by atoms with Crippen molar-refractivity contribution < 1.29 is 9.53 Å². The van der Waals surface area contributed by atoms with Gasteiger partial charge >= 0.3 is 5.97 Å². The number of ether oxygens (including phenoxy) is 1. The predicted molar refractivity (Wildman–Crippen MR) is 117 cm³/mol. The molecule has 0 aliphatic carbocycles. The van der Waals surface area contributed by atoms with Crippen LogP contribution in [0.1, 0.15) is 57.4 Å². The molecular weight excluding hydrogens is 402 g/mol. The highest BCUT2D eigenvalue weighted by atomic mass is 32.1. The number of aromatic nitrogens is 2. The maximum atomic E-state index is 12.8. The molecule has 0 saturated heterocycles. The number of benzene rings is 1. The van der Waals surface area contributed by atoms with Gasteiger partial charge in [-0.25, -0.2) is 14.8 Å². The molecule has 0 fully saturated rings. The van der Waals surface area contributed by atoms with Crippen molar-refractivity contribution >= 4 is 40.0 Å². The molecule has 7 heteroatoms. The van der Waals surface area contributed by atoms with Crippen LogP contribution in [0.5, 0.6) is 0 Å². The summed E-state index contributed by atoms with van der Waals surface area (Å²) in [6.07, 6.45) is 0. The second-order valence-electron chi connectivity index (χ2n) is 7.51. The number of thiazole rings is 2. The molecule has 2 heterocycles. The maximum Gasteiger partial charge on any atom is 0.343 e. The molecular formula is C22H21N3O2S2. The Labute approximate surface area is 178 Å². The Hall–Kier alpha value is -2.82. The summed E-state index contributed by atoms with van der Waals surface area (Å²) in [7, 11) is 0. The van der Waals surface area contributed by atoms with Crippen LogP contribution in [0, 0.1) is 25.2 Å². The van der Waals surface area contributed by atoms with Crippen LogP contribution in [-0.2, 0) is 10.2 Å². The Kier molecular flexibility index (Phi) is 5.96. The number of hydrogen-bond donors (Lipinski definition) is 0. The molecule has 29 heavy (non-hydrogen) atoms. The van der Waals surface area contributed by atoms with E-state index in [1.807, 2.05) is 25.3 Å². The molecule has 0 spiro atoms. The zero-order valence-electron chi connectivity index (χ0n) is 16.9. The zero-order valence-corrected chi connectivity index (χ0v) is 18.6. The van der Waals surface area contributed by atoms with Crippen LogP contribution in [0.4, 0.5) is 0 Å². The van der Waals surface area contributed by atoms with E-state index < -0.39 is 5.97 Å². The van der Waals surface area contributed by atoms with Gasteiger partial charge in [0.15, 0.2) is 5.76 Å². The van der Waals surface area contributed by atoms with Crippen LogP contribution < -0.4 is 0 Å². The molecule has 5 nitrogen and oxygen atoms in total. The number of hydrogen-bond acceptors (Lipinski definition) is 7. The van der Waals surface area contributed by atoms with Crippen molar-refractivity contribution in [3.05, 3.63) is 67.6 Å². The molecule has 0 amide bonds. The van der Waals surface area contributed by atoms with Crippen molar-refractivity contribution in [3.8, 4) is 6.07 Å². The van der Waals surface area contributed by atoms with Gasteiger partial charge in [-0.15, -0.1) is 22.7 Å². The standard InChI is InChI=1S/C22H21N3O2S2/c1-13-19(29-14(2)24-13)18(27-20(26)15-9-7-6-8-10-15)16(11-23)17-12-28-21(25-17)22(3,4)5/h6-10,12H,1-5H3. The summed E-state index contributed by atoms with van der Waals surface area (Å²) in [5.41, 5.74) is 1.72. The molecule has 0 unspecified atom stereocenters. The van der Waals surface area contributed by atoms with Gasteiger partial charge in [0.25, 0.3) is 0 Å². The minimum atomic E-state index is -0.523. The van der Waals surface area contributed by atoms with Crippen molar-refractivity contribution in [2.45, 2.75) is 40.0 Å². The minimum absolute atomic E-state index is 0.138. The molecule has 0 radical (unpaired) electrons. The lowest BCUT2D eigenvalue weighted by Gasteiger charge is -2.13. The summed E-state index contributed by atoms with van der Waals surface area (Å²) >= 11 is 2.88. The second-order valence-corrected chi connectivity index (χ2v) is 9.57. The van der Waals surface area contributed by atoms with E-state index in [4.69, 9.17) is 4.74 Å². The topological polar surface area (TPSA) is 75.9 Å². The van der Waals surface area contributed by atoms with E-state index in [9.17, 15) is 10.1 Å². The third-order valence-electron chi connectivity index (χ3n) is 4.05. The third kappa shape index (κ3) is 4.61. The van der Waals surface area contributed by atoms with Gasteiger partial charge < -0.3 is 4.74 Å². The van der Waals surface area contributed by atoms with E-state index in [1.54, 1.807) is 24.3 Å². The van der Waals surface area contributed by atoms with Crippen LogP contribution in [-0.4, -0.2) is 15.9 Å². The fourth-order valence-electron chi connectivity index (χ4n) is 2.64. The fraction of sp³-hybridized carbons (Fsp3) is 0.273. The van der Waals surface area contributed by atoms with Crippen molar-refractivity contribution in [1.29, 1.82) is 5.26 Å². The highest BCUT2D eigenvalue weighted by Crippen LogP contribution is 2.35. The van der Waals surface area contributed by atoms with E-state index in [-0.39, 0.29) is 16.7 Å². The summed E-state index contributed by atoms with van der Waals surface area (Å²) in [6, 6.07) is 10.9. The molecule has 0 atom stereocenters. The van der Waals surface area contributed by atoms with E-state index in [2.05, 4.69) is 36.8 Å². The quantitative estimate of drug-likeness (QED) is 0.303. The summed E-state index contributed by atoms with van der Waals surface area (Å²) in [5, 5.41) is 13.5. The number of rotatable bonds is 4. The Bertz CT molecular complexity index is 1110. The average Bonchev–Trinajstić information content (AvgIpc) is 3.28. The van der Waals surface area contributed by atoms with E-state index in [0.29, 0.717) is 21.8 Å². The van der Waals surface area contributed by atoms with Gasteiger partial charge in [0, 0.05) is 10.8 Å². The van der Waals surface area contributed by atoms with Gasteiger partial charge in [-0.1, -0.05) is 39.0 Å². The first kappa shape index (κ1) is 20.9. The zero-order chi connectivity index (χ0) is 21.2. The molecule has 0 bridgehead atoms. The van der Waals surface area contributed by atoms with Crippen LogP contribution >= 0.6 is 22.7 Å². The number of allylic oxidation sites excluding steroid dienone is 1. The van der Waals surface area contributed by atoms with Gasteiger partial charge in [-0.05, 0) is 26.0 Å². The summed E-state index contributed by atoms with van der Waals surface area (Å²) < 4.78 is 5.77. The third-order valence-corrected chi connectivity index (χ3v) is 6.39. The maximum absolute atomic E-state index is 12.8. The van der Waals surface area contributed by atoms with Gasteiger partial charge in [0.1, 0.15) is 11.6 Å². The smallest absolute Gasteiger partial charge is 0.343 e. The van der Waals surface area contributed by atoms with Gasteiger partial charge in [0.2, 0.25) is 0 Å². The molecule has 0 aliphatic rings. The minimum Gasteiger partial charge on any atom is -0.420 e. The summed E-state index contributed by atoms with van der Waals surface area (Å²) in [6.45, 7) is 9.92. The Balaban J connectivity index is 2.15.